The van der Waals surface area contributed by atoms with Crippen LogP contribution in [-0.4, -0.2) is 34.8 Å². The number of aromatic nitrogens is 2. The van der Waals surface area contributed by atoms with Crippen molar-refractivity contribution in [1.29, 1.82) is 0 Å². The molecule has 2 aromatic heterocycles. The smallest absolute Gasteiger partial charge is 0.298 e. The van der Waals surface area contributed by atoms with E-state index in [9.17, 15) is 9.90 Å². The first-order chi connectivity index (χ1) is 18.9. The van der Waals surface area contributed by atoms with Crippen LogP contribution in [0.1, 0.15) is 35.6 Å². The lowest BCUT2D eigenvalue weighted by Crippen LogP contribution is -2.60. The monoisotopic (exact) mass is 585 g/mol. The molecule has 0 unspecified atom stereocenters. The molecule has 8 nitrogen and oxygen atoms in total. The van der Waals surface area contributed by atoms with Gasteiger partial charge in [0.15, 0.2) is 0 Å². The minimum absolute atomic E-state index is 0.190. The maximum Gasteiger partial charge on any atom is 0.298 e. The Morgan fingerprint density at radius 3 is 2.44 bits per heavy atom. The molecule has 2 fully saturated rings. The molecule has 0 spiro atoms. The minimum Gasteiger partial charge on any atom is -0.489 e. The highest BCUT2D eigenvalue weighted by Gasteiger charge is 2.44. The van der Waals surface area contributed by atoms with Crippen molar-refractivity contribution in [2.45, 2.75) is 31.0 Å². The first kappa shape index (κ1) is 26.0. The Morgan fingerprint density at radius 2 is 1.79 bits per heavy atom. The zero-order valence-corrected chi connectivity index (χ0v) is 22.7. The normalized spacial score (nSPS) is 16.1. The van der Waals surface area contributed by atoms with Gasteiger partial charge >= 0.3 is 0 Å². The molecule has 1 saturated heterocycles. The molecule has 2 aromatic carbocycles. The average molecular weight is 587 g/mol. The highest BCUT2D eigenvalue weighted by Crippen LogP contribution is 2.46. The van der Waals surface area contributed by atoms with Gasteiger partial charge in [0.05, 0.1) is 39.9 Å². The van der Waals surface area contributed by atoms with Crippen LogP contribution in [0.4, 0.5) is 5.82 Å². The van der Waals surface area contributed by atoms with Crippen LogP contribution >= 0.6 is 34.8 Å². The fraction of sp³-hybridized carbons (Fsp3) is 0.250. The average Bonchev–Trinajstić information content (AvgIpc) is 3.66. The molecule has 4 aromatic rings. The van der Waals surface area contributed by atoms with Crippen molar-refractivity contribution in [3.05, 3.63) is 86.7 Å². The summed E-state index contributed by atoms with van der Waals surface area (Å²) in [5.41, 5.74) is 1.44. The molecule has 0 radical (unpaired) electrons. The van der Waals surface area contributed by atoms with E-state index in [0.29, 0.717) is 74.7 Å². The number of rotatable bonds is 9. The predicted molar refractivity (Wildman–Crippen MR) is 147 cm³/mol. The molecule has 2 aliphatic rings. The van der Waals surface area contributed by atoms with E-state index < -0.39 is 5.60 Å². The molecule has 1 aliphatic heterocycles. The quantitative estimate of drug-likeness (QED) is 0.225. The van der Waals surface area contributed by atoms with Crippen molar-refractivity contribution in [1.82, 2.24) is 10.1 Å². The zero-order chi connectivity index (χ0) is 27.1. The second-order valence-electron chi connectivity index (χ2n) is 9.63. The van der Waals surface area contributed by atoms with Crippen LogP contribution in [0.2, 0.25) is 15.1 Å². The SMILES string of the molecule is O=COc1ccc(N2CC(O)(c3ccc(OCc4c(-c5c(Cl)cccc5Cl)noc4C4CC4)cc3Cl)C2)nc1. The molecule has 200 valence electrons. The van der Waals surface area contributed by atoms with Crippen LogP contribution in [0.15, 0.2) is 59.3 Å². The van der Waals surface area contributed by atoms with Crippen molar-refractivity contribution < 1.29 is 23.9 Å². The molecule has 3 heterocycles. The molecule has 0 amide bonds. The van der Waals surface area contributed by atoms with Crippen LogP contribution in [0.25, 0.3) is 11.3 Å². The van der Waals surface area contributed by atoms with Crippen molar-refractivity contribution in [2.24, 2.45) is 0 Å². The van der Waals surface area contributed by atoms with Gasteiger partial charge in [-0.1, -0.05) is 52.1 Å². The molecule has 1 N–H and O–H groups in total. The maximum absolute atomic E-state index is 11.2. The van der Waals surface area contributed by atoms with Gasteiger partial charge in [-0.3, -0.25) is 4.79 Å². The van der Waals surface area contributed by atoms with Crippen LogP contribution in [0.5, 0.6) is 11.5 Å². The van der Waals surface area contributed by atoms with Gasteiger partial charge < -0.3 is 24.0 Å². The van der Waals surface area contributed by atoms with E-state index in [-0.39, 0.29) is 6.61 Å². The van der Waals surface area contributed by atoms with E-state index in [2.05, 4.69) is 10.1 Å². The van der Waals surface area contributed by atoms with Crippen LogP contribution in [-0.2, 0) is 17.0 Å². The van der Waals surface area contributed by atoms with Crippen LogP contribution in [0, 0.1) is 0 Å². The summed E-state index contributed by atoms with van der Waals surface area (Å²) in [7, 11) is 0. The Labute approximate surface area is 239 Å². The minimum atomic E-state index is -1.14. The zero-order valence-electron chi connectivity index (χ0n) is 20.4. The number of aliphatic hydroxyl groups is 1. The summed E-state index contributed by atoms with van der Waals surface area (Å²) < 4.78 is 16.6. The number of ether oxygens (including phenoxy) is 2. The second-order valence-corrected chi connectivity index (χ2v) is 10.9. The maximum atomic E-state index is 11.2. The lowest BCUT2D eigenvalue weighted by atomic mass is 9.86. The Balaban J connectivity index is 1.17. The summed E-state index contributed by atoms with van der Waals surface area (Å²) in [6.07, 6.45) is 3.51. The number of hydrogen-bond donors (Lipinski definition) is 1. The highest BCUT2D eigenvalue weighted by molar-refractivity contribution is 6.39. The van der Waals surface area contributed by atoms with Gasteiger partial charge in [0.25, 0.3) is 6.47 Å². The van der Waals surface area contributed by atoms with E-state index in [4.69, 9.17) is 48.8 Å². The van der Waals surface area contributed by atoms with Gasteiger partial charge in [-0.25, -0.2) is 4.98 Å². The summed E-state index contributed by atoms with van der Waals surface area (Å²) in [6, 6.07) is 13.9. The van der Waals surface area contributed by atoms with Gasteiger partial charge in [0, 0.05) is 17.0 Å². The number of hydrogen-bond acceptors (Lipinski definition) is 8. The summed E-state index contributed by atoms with van der Waals surface area (Å²) in [6.45, 7) is 1.15. The second kappa shape index (κ2) is 10.4. The Morgan fingerprint density at radius 1 is 1.05 bits per heavy atom. The van der Waals surface area contributed by atoms with Gasteiger partial charge in [-0.2, -0.15) is 0 Å². The Bertz CT molecular complexity index is 1510. The van der Waals surface area contributed by atoms with Crippen molar-refractivity contribution in [3.8, 4) is 22.8 Å². The number of nitrogens with zero attached hydrogens (tertiary/aromatic N) is 3. The lowest BCUT2D eigenvalue weighted by Gasteiger charge is -2.47. The van der Waals surface area contributed by atoms with E-state index >= 15 is 0 Å². The third-order valence-electron chi connectivity index (χ3n) is 6.93. The van der Waals surface area contributed by atoms with E-state index in [1.54, 1.807) is 48.5 Å². The van der Waals surface area contributed by atoms with E-state index in [1.807, 2.05) is 4.90 Å². The van der Waals surface area contributed by atoms with Crippen molar-refractivity contribution in [2.75, 3.05) is 18.0 Å². The molecular formula is C28H22Cl3N3O5. The number of halogens is 3. The molecule has 0 atom stereocenters. The highest BCUT2D eigenvalue weighted by atomic mass is 35.5. The fourth-order valence-corrected chi connectivity index (χ4v) is 5.69. The molecule has 1 saturated carbocycles. The van der Waals surface area contributed by atoms with E-state index in [1.165, 1.54) is 6.20 Å². The van der Waals surface area contributed by atoms with Gasteiger partial charge in [-0.15, -0.1) is 0 Å². The van der Waals surface area contributed by atoms with Crippen molar-refractivity contribution >= 4 is 47.1 Å². The number of anilines is 1. The molecule has 1 aliphatic carbocycles. The van der Waals surface area contributed by atoms with Gasteiger partial charge in [-0.05, 0) is 49.2 Å². The topological polar surface area (TPSA) is 97.9 Å². The summed E-state index contributed by atoms with van der Waals surface area (Å²) in [5, 5.41) is 16.9. The van der Waals surface area contributed by atoms with Gasteiger partial charge in [0.2, 0.25) is 0 Å². The molecule has 39 heavy (non-hydrogen) atoms. The summed E-state index contributed by atoms with van der Waals surface area (Å²) in [5.74, 6) is 2.63. The Kier molecular flexibility index (Phi) is 6.89. The van der Waals surface area contributed by atoms with Gasteiger partial charge in [0.1, 0.15) is 41.0 Å². The Hall–Kier alpha value is -3.30. The van der Waals surface area contributed by atoms with E-state index in [0.717, 1.165) is 24.2 Å². The summed E-state index contributed by atoms with van der Waals surface area (Å²) >= 11 is 19.5. The number of benzene rings is 2. The standard InChI is InChI=1S/C28H22Cl3N3O5/c29-21-2-1-3-22(30)25(21)26-19(27(39-33-26)16-4-5-16)12-37-17-6-8-20(23(31)10-17)28(36)13-34(14-28)24-9-7-18(11-32-24)38-15-35/h1-3,6-11,15-16,36H,4-5,12-14H2. The third-order valence-corrected chi connectivity index (χ3v) is 7.87. The lowest BCUT2D eigenvalue weighted by molar-refractivity contribution is -0.120. The largest absolute Gasteiger partial charge is 0.489 e. The predicted octanol–water partition coefficient (Wildman–Crippen LogP) is 6.40. The van der Waals surface area contributed by atoms with Crippen LogP contribution in [0.3, 0.4) is 0 Å². The number of carbonyl (C=O) groups excluding carboxylic acids is 1. The first-order valence-corrected chi connectivity index (χ1v) is 13.4. The fourth-order valence-electron chi connectivity index (χ4n) is 4.77. The molecule has 6 rings (SSSR count). The summed E-state index contributed by atoms with van der Waals surface area (Å²) in [4.78, 5) is 16.6. The third kappa shape index (κ3) is 5.05. The number of β-amino-alcohol motifs (C(OH)–C–C–N with tert-alkyl or cyclic N) is 1. The molecule has 11 heteroatoms. The molecule has 0 bridgehead atoms. The first-order valence-electron chi connectivity index (χ1n) is 12.3. The number of carbonyl (C=O) groups is 1. The number of pyridine rings is 1. The van der Waals surface area contributed by atoms with Crippen molar-refractivity contribution in [3.63, 3.8) is 0 Å². The molecular weight excluding hydrogens is 565 g/mol. The van der Waals surface area contributed by atoms with Crippen LogP contribution < -0.4 is 14.4 Å².